The predicted molar refractivity (Wildman–Crippen MR) is 146 cm³/mol. The van der Waals surface area contributed by atoms with E-state index >= 15 is 0 Å². The maximum Gasteiger partial charge on any atom is 0.341 e. The summed E-state index contributed by atoms with van der Waals surface area (Å²) in [6, 6.07) is -3.09. The van der Waals surface area contributed by atoms with Crippen LogP contribution in [0.2, 0.25) is 0 Å². The van der Waals surface area contributed by atoms with Gasteiger partial charge in [0.25, 0.3) is 0 Å². The quantitative estimate of drug-likeness (QED) is 0.0849. The number of carbonyl (C=O) groups is 1. The molecule has 14 N–H and O–H groups in total. The maximum absolute atomic E-state index is 12.7. The van der Waals surface area contributed by atoms with Crippen molar-refractivity contribution in [3.8, 4) is 0 Å². The highest BCUT2D eigenvalue weighted by molar-refractivity contribution is 5.73. The number of nitrogens with zero attached hydrogens (tertiary/aromatic N) is 1. The number of rotatable bonds is 10. The normalized spacial score (nSPS) is 41.6. The van der Waals surface area contributed by atoms with Gasteiger partial charge in [-0.25, -0.2) is 9.86 Å². The molecule has 41 heavy (non-hydrogen) atoms. The minimum Gasteiger partial charge on any atom is -0.492 e. The lowest BCUT2D eigenvalue weighted by Crippen LogP contribution is -2.70. The fraction of sp³-hybridized carbons (Fsp3) is 0.880. The molecule has 0 aromatic carbocycles. The first-order valence-electron chi connectivity index (χ1n) is 14.3. The molecular formula is C25H48N8O8. The topological polar surface area (TPSA) is 255 Å². The summed E-state index contributed by atoms with van der Waals surface area (Å²) in [5.41, 5.74) is 16.7. The first-order chi connectivity index (χ1) is 19.5. The molecule has 11 atom stereocenters. The van der Waals surface area contributed by atoms with Crippen molar-refractivity contribution >= 4 is 6.03 Å². The van der Waals surface area contributed by atoms with E-state index in [1.54, 1.807) is 7.05 Å². The zero-order valence-corrected chi connectivity index (χ0v) is 23.7. The molecule has 0 bridgehead atoms. The Morgan fingerprint density at radius 3 is 2.61 bits per heavy atom. The van der Waals surface area contributed by atoms with E-state index in [-0.39, 0.29) is 44.7 Å². The molecule has 4 aliphatic rings. The first-order valence-corrected chi connectivity index (χ1v) is 14.3. The van der Waals surface area contributed by atoms with E-state index in [9.17, 15) is 25.3 Å². The summed E-state index contributed by atoms with van der Waals surface area (Å²) in [7, 11) is 1.60. The monoisotopic (exact) mass is 588 g/mol. The standard InChI is InChI=1S/C25H48N8O8/c1-25(37)11-39-23(19(35)22(25)29-2)41-21-16(32-24(36)33(38)6-5-26)7-14(28)17(18(21)34)20-15(31-12-9-30-10-12)4-3-13(8-27)40-20/h3,12,14-23,29-31,34-35,37-38H,4-11,26-28H2,1-2H3,(H,32,36)/t14-,15+,16+,17?,18-,19+,20-,21-,22+,23+,25-/m0/s1. The van der Waals surface area contributed by atoms with Gasteiger partial charge in [0.05, 0.1) is 37.9 Å². The summed E-state index contributed by atoms with van der Waals surface area (Å²) in [5, 5.41) is 56.5. The van der Waals surface area contributed by atoms with Crippen LogP contribution in [0.1, 0.15) is 19.8 Å². The molecule has 0 aromatic heterocycles. The third-order valence-electron chi connectivity index (χ3n) is 8.56. The van der Waals surface area contributed by atoms with Gasteiger partial charge in [-0.15, -0.1) is 0 Å². The number of hydrogen-bond donors (Lipinski definition) is 11. The predicted octanol–water partition coefficient (Wildman–Crippen LogP) is -4.57. The minimum absolute atomic E-state index is 0.0348. The van der Waals surface area contributed by atoms with E-state index in [0.717, 1.165) is 13.1 Å². The number of nitrogens with two attached hydrogens (primary N) is 3. The van der Waals surface area contributed by atoms with Crippen molar-refractivity contribution < 1.29 is 39.5 Å². The number of aliphatic hydroxyl groups is 3. The fourth-order valence-corrected chi connectivity index (χ4v) is 6.27. The Bertz CT molecular complexity index is 911. The van der Waals surface area contributed by atoms with Crippen LogP contribution in [0.5, 0.6) is 0 Å². The van der Waals surface area contributed by atoms with Gasteiger partial charge in [0.2, 0.25) is 0 Å². The summed E-state index contributed by atoms with van der Waals surface area (Å²) >= 11 is 0. The van der Waals surface area contributed by atoms with Crippen LogP contribution in [0.15, 0.2) is 11.8 Å². The molecular weight excluding hydrogens is 540 g/mol. The zero-order chi connectivity index (χ0) is 29.9. The van der Waals surface area contributed by atoms with Crippen LogP contribution in [0.4, 0.5) is 4.79 Å². The highest BCUT2D eigenvalue weighted by Crippen LogP contribution is 2.37. The number of amides is 2. The zero-order valence-electron chi connectivity index (χ0n) is 23.7. The summed E-state index contributed by atoms with van der Waals surface area (Å²) in [6.07, 6.45) is -2.84. The number of hydroxylamine groups is 2. The van der Waals surface area contributed by atoms with Crippen LogP contribution >= 0.6 is 0 Å². The average molecular weight is 589 g/mol. The van der Waals surface area contributed by atoms with E-state index < -0.39 is 66.4 Å². The summed E-state index contributed by atoms with van der Waals surface area (Å²) in [5.74, 6) is -0.0675. The third-order valence-corrected chi connectivity index (χ3v) is 8.56. The third kappa shape index (κ3) is 7.11. The highest BCUT2D eigenvalue weighted by atomic mass is 16.7. The molecule has 2 amide bonds. The Kier molecular flexibility index (Phi) is 10.8. The van der Waals surface area contributed by atoms with Gasteiger partial charge in [0, 0.05) is 43.7 Å². The van der Waals surface area contributed by atoms with Gasteiger partial charge < -0.3 is 68.0 Å². The second-order valence-corrected chi connectivity index (χ2v) is 11.7. The summed E-state index contributed by atoms with van der Waals surface area (Å²) in [4.78, 5) is 12.7. The Hall–Kier alpha value is -1.67. The maximum atomic E-state index is 12.7. The van der Waals surface area contributed by atoms with Gasteiger partial charge in [-0.3, -0.25) is 5.21 Å². The number of carbonyl (C=O) groups excluding carboxylic acids is 1. The highest BCUT2D eigenvalue weighted by Gasteiger charge is 2.54. The van der Waals surface area contributed by atoms with Crippen LogP contribution in [0, 0.1) is 5.92 Å². The van der Waals surface area contributed by atoms with Crippen LogP contribution in [0.3, 0.4) is 0 Å². The van der Waals surface area contributed by atoms with Crippen LogP contribution in [-0.4, -0.2) is 145 Å². The smallest absolute Gasteiger partial charge is 0.341 e. The van der Waals surface area contributed by atoms with Crippen LogP contribution < -0.4 is 38.5 Å². The molecule has 1 unspecified atom stereocenters. The van der Waals surface area contributed by atoms with Crippen molar-refractivity contribution in [3.63, 3.8) is 0 Å². The van der Waals surface area contributed by atoms with Crippen LogP contribution in [-0.2, 0) is 14.2 Å². The van der Waals surface area contributed by atoms with Crippen molar-refractivity contribution in [2.24, 2.45) is 23.1 Å². The second kappa shape index (κ2) is 13.7. The molecule has 236 valence electrons. The molecule has 3 heterocycles. The van der Waals surface area contributed by atoms with E-state index in [0.29, 0.717) is 17.2 Å². The lowest BCUT2D eigenvalue weighted by molar-refractivity contribution is -0.297. The molecule has 3 fully saturated rings. The Morgan fingerprint density at radius 1 is 1.27 bits per heavy atom. The molecule has 1 saturated carbocycles. The van der Waals surface area contributed by atoms with Crippen LogP contribution in [0.25, 0.3) is 0 Å². The number of hydrogen-bond acceptors (Lipinski definition) is 14. The van der Waals surface area contributed by atoms with Gasteiger partial charge in [-0.05, 0) is 32.9 Å². The van der Waals surface area contributed by atoms with Gasteiger partial charge in [-0.2, -0.15) is 0 Å². The molecule has 1 aliphatic carbocycles. The summed E-state index contributed by atoms with van der Waals surface area (Å²) < 4.78 is 18.2. The summed E-state index contributed by atoms with van der Waals surface area (Å²) in [6.45, 7) is 3.11. The number of urea groups is 1. The number of aliphatic hydroxyl groups excluding tert-OH is 2. The Labute approximate surface area is 239 Å². The van der Waals surface area contributed by atoms with E-state index in [1.165, 1.54) is 6.92 Å². The van der Waals surface area contributed by atoms with Gasteiger partial charge >= 0.3 is 6.03 Å². The van der Waals surface area contributed by atoms with Gasteiger partial charge in [-0.1, -0.05) is 0 Å². The van der Waals surface area contributed by atoms with Crippen molar-refractivity contribution in [1.29, 1.82) is 0 Å². The Morgan fingerprint density at radius 2 is 2.00 bits per heavy atom. The van der Waals surface area contributed by atoms with Crippen molar-refractivity contribution in [2.75, 3.05) is 46.4 Å². The lowest BCUT2D eigenvalue weighted by atomic mass is 9.72. The number of likely N-dealkylation sites (N-methyl/N-ethyl adjacent to an activating group) is 1. The Balaban J connectivity index is 1.60. The average Bonchev–Trinajstić information content (AvgIpc) is 2.90. The largest absolute Gasteiger partial charge is 0.492 e. The molecule has 4 rings (SSSR count). The van der Waals surface area contributed by atoms with Crippen molar-refractivity contribution in [3.05, 3.63) is 11.8 Å². The number of ether oxygens (including phenoxy) is 3. The molecule has 0 spiro atoms. The van der Waals surface area contributed by atoms with Crippen molar-refractivity contribution in [1.82, 2.24) is 26.3 Å². The molecule has 0 aromatic rings. The van der Waals surface area contributed by atoms with E-state index in [2.05, 4.69) is 21.3 Å². The van der Waals surface area contributed by atoms with Crippen molar-refractivity contribution in [2.45, 2.75) is 86.3 Å². The van der Waals surface area contributed by atoms with E-state index in [1.807, 2.05) is 6.08 Å². The van der Waals surface area contributed by atoms with E-state index in [4.69, 9.17) is 31.4 Å². The SMILES string of the molecule is CN[C@@H]1[C@@H](O)[C@@H](O[C@H]2[C@H](NC(=O)N(O)CCN)C[C@H](N)C([C@H]3OC(CN)=CC[C@H]3NC3CNC3)[C@@H]2O)OC[C@]1(C)O. The fourth-order valence-electron chi connectivity index (χ4n) is 6.27. The molecule has 2 saturated heterocycles. The molecule has 16 nitrogen and oxygen atoms in total. The molecule has 16 heteroatoms. The first kappa shape index (κ1) is 32.2. The molecule has 3 aliphatic heterocycles. The molecule has 0 radical (unpaired) electrons. The lowest BCUT2D eigenvalue weighted by Gasteiger charge is -2.51. The van der Waals surface area contributed by atoms with Gasteiger partial charge in [0.1, 0.15) is 29.7 Å². The van der Waals surface area contributed by atoms with Gasteiger partial charge in [0.15, 0.2) is 6.29 Å². The minimum atomic E-state index is -1.38. The number of nitrogens with one attached hydrogen (secondary N) is 4. The second-order valence-electron chi connectivity index (χ2n) is 11.7.